The van der Waals surface area contributed by atoms with E-state index in [1.807, 2.05) is 0 Å². The molecule has 2 rings (SSSR count). The van der Waals surface area contributed by atoms with Gasteiger partial charge in [-0.2, -0.15) is 0 Å². The number of benzene rings is 1. The molecular weight excluding hydrogens is 274 g/mol. The van der Waals surface area contributed by atoms with Gasteiger partial charge in [-0.25, -0.2) is 0 Å². The summed E-state index contributed by atoms with van der Waals surface area (Å²) in [5.41, 5.74) is 6.08. The Morgan fingerprint density at radius 2 is 2.14 bits per heavy atom. The molecule has 1 aliphatic rings. The number of nitrogens with two attached hydrogens (primary N) is 1. The van der Waals surface area contributed by atoms with Gasteiger partial charge in [-0.3, -0.25) is 9.59 Å². The smallest absolute Gasteiger partial charge is 0.246 e. The third-order valence-electron chi connectivity index (χ3n) is 3.27. The minimum Gasteiger partial charge on any atom is -0.494 e. The number of amides is 2. The zero-order valence-corrected chi connectivity index (χ0v) is 12.1. The molecule has 1 aromatic rings. The minimum absolute atomic E-state index is 0.200. The number of hydrogen-bond donors (Lipinski definition) is 3. The van der Waals surface area contributed by atoms with E-state index in [1.54, 1.807) is 18.2 Å². The molecule has 1 aliphatic heterocycles. The third-order valence-corrected chi connectivity index (χ3v) is 3.27. The highest BCUT2D eigenvalue weighted by molar-refractivity contribution is 5.99. The lowest BCUT2D eigenvalue weighted by Crippen LogP contribution is -2.51. The van der Waals surface area contributed by atoms with Gasteiger partial charge in [0.15, 0.2) is 0 Å². The second kappa shape index (κ2) is 6.11. The Hall–Kier alpha value is -2.12. The molecule has 0 bridgehead atoms. The van der Waals surface area contributed by atoms with Crippen molar-refractivity contribution in [2.75, 3.05) is 31.0 Å². The summed E-state index contributed by atoms with van der Waals surface area (Å²) in [6.07, 6.45) is 0.486. The average molecular weight is 293 g/mol. The molecule has 0 radical (unpaired) electrons. The van der Waals surface area contributed by atoms with Crippen molar-refractivity contribution in [2.24, 2.45) is 5.73 Å². The van der Waals surface area contributed by atoms with Gasteiger partial charge in [-0.15, -0.1) is 0 Å². The molecule has 0 aromatic heterocycles. The molecule has 0 aliphatic carbocycles. The fourth-order valence-corrected chi connectivity index (χ4v) is 2.08. The first kappa shape index (κ1) is 15.3. The maximum Gasteiger partial charge on any atom is 0.246 e. The summed E-state index contributed by atoms with van der Waals surface area (Å²) in [6, 6.07) is 4.96. The summed E-state index contributed by atoms with van der Waals surface area (Å²) >= 11 is 0. The minimum atomic E-state index is -0.996. The molecule has 1 heterocycles. The summed E-state index contributed by atoms with van der Waals surface area (Å²) in [6.45, 7) is 2.10. The lowest BCUT2D eigenvalue weighted by atomic mass is 9.99. The fraction of sp³-hybridized carbons (Fsp3) is 0.429. The number of rotatable bonds is 4. The molecule has 1 fully saturated rings. The molecule has 0 saturated carbocycles. The van der Waals surface area contributed by atoms with Crippen LogP contribution < -0.4 is 21.1 Å². The van der Waals surface area contributed by atoms with Crippen LogP contribution in [0, 0.1) is 0 Å². The molecule has 2 amide bonds. The molecule has 4 N–H and O–H groups in total. The normalized spacial score (nSPS) is 20.9. The molecular formula is C14H19N3O4. The number of anilines is 2. The van der Waals surface area contributed by atoms with E-state index in [-0.39, 0.29) is 18.4 Å². The number of ether oxygens (including phenoxy) is 2. The number of methoxy groups -OCH3 is 1. The largest absolute Gasteiger partial charge is 0.494 e. The number of carbonyl (C=O) groups excluding carboxylic acids is 2. The Bertz CT molecular complexity index is 553. The molecule has 1 unspecified atom stereocenters. The van der Waals surface area contributed by atoms with Crippen LogP contribution in [-0.2, 0) is 14.3 Å². The van der Waals surface area contributed by atoms with Crippen molar-refractivity contribution in [3.8, 4) is 5.75 Å². The van der Waals surface area contributed by atoms with Gasteiger partial charge in [0.1, 0.15) is 11.3 Å². The predicted octanol–water partition coefficient (Wildman–Crippen LogP) is 0.710. The highest BCUT2D eigenvalue weighted by atomic mass is 16.5. The first-order valence-electron chi connectivity index (χ1n) is 6.58. The van der Waals surface area contributed by atoms with Crippen molar-refractivity contribution < 1.29 is 19.1 Å². The zero-order chi connectivity index (χ0) is 15.5. The molecule has 0 spiro atoms. The van der Waals surface area contributed by atoms with Crippen LogP contribution in [-0.4, -0.2) is 37.7 Å². The molecule has 1 aromatic carbocycles. The van der Waals surface area contributed by atoms with Crippen molar-refractivity contribution in [1.82, 2.24) is 0 Å². The van der Waals surface area contributed by atoms with Crippen LogP contribution in [0.4, 0.5) is 11.4 Å². The average Bonchev–Trinajstić information content (AvgIpc) is 2.88. The third kappa shape index (κ3) is 3.50. The highest BCUT2D eigenvalue weighted by Gasteiger charge is 2.38. The van der Waals surface area contributed by atoms with Crippen LogP contribution in [0.1, 0.15) is 13.3 Å². The van der Waals surface area contributed by atoms with Crippen molar-refractivity contribution in [2.45, 2.75) is 18.9 Å². The fourth-order valence-electron chi connectivity index (χ4n) is 2.08. The Kier molecular flexibility index (Phi) is 4.44. The van der Waals surface area contributed by atoms with Gasteiger partial charge < -0.3 is 25.8 Å². The topological polar surface area (TPSA) is 103 Å². The van der Waals surface area contributed by atoms with Crippen LogP contribution in [0.5, 0.6) is 5.75 Å². The first-order chi connectivity index (χ1) is 9.94. The van der Waals surface area contributed by atoms with Crippen LogP contribution >= 0.6 is 0 Å². The van der Waals surface area contributed by atoms with E-state index in [0.29, 0.717) is 30.2 Å². The molecule has 7 heteroatoms. The number of hydrogen-bond acceptors (Lipinski definition) is 5. The van der Waals surface area contributed by atoms with E-state index in [0.717, 1.165) is 0 Å². The summed E-state index contributed by atoms with van der Waals surface area (Å²) in [4.78, 5) is 23.3. The summed E-state index contributed by atoms with van der Waals surface area (Å²) in [5.74, 6) is -0.0415. The van der Waals surface area contributed by atoms with Gasteiger partial charge in [0.25, 0.3) is 0 Å². The van der Waals surface area contributed by atoms with Crippen molar-refractivity contribution in [3.63, 3.8) is 0 Å². The van der Waals surface area contributed by atoms with Gasteiger partial charge >= 0.3 is 0 Å². The summed E-state index contributed by atoms with van der Waals surface area (Å²) in [7, 11) is 1.49. The molecule has 1 atom stereocenters. The maximum absolute atomic E-state index is 12.2. The van der Waals surface area contributed by atoms with E-state index >= 15 is 0 Å². The van der Waals surface area contributed by atoms with Crippen molar-refractivity contribution in [1.29, 1.82) is 0 Å². The van der Waals surface area contributed by atoms with Gasteiger partial charge in [0, 0.05) is 25.3 Å². The van der Waals surface area contributed by atoms with E-state index in [2.05, 4.69) is 10.6 Å². The second-order valence-electron chi connectivity index (χ2n) is 5.01. The molecule has 114 valence electrons. The Balaban J connectivity index is 2.13. The Morgan fingerprint density at radius 3 is 2.71 bits per heavy atom. The first-order valence-corrected chi connectivity index (χ1v) is 6.58. The van der Waals surface area contributed by atoms with E-state index in [4.69, 9.17) is 15.2 Å². The predicted molar refractivity (Wildman–Crippen MR) is 78.3 cm³/mol. The Morgan fingerprint density at radius 1 is 1.38 bits per heavy atom. The van der Waals surface area contributed by atoms with E-state index in [9.17, 15) is 9.59 Å². The van der Waals surface area contributed by atoms with Gasteiger partial charge in [0.05, 0.1) is 19.4 Å². The van der Waals surface area contributed by atoms with Crippen LogP contribution in [0.2, 0.25) is 0 Å². The van der Waals surface area contributed by atoms with E-state index in [1.165, 1.54) is 14.0 Å². The molecule has 21 heavy (non-hydrogen) atoms. The SMILES string of the molecule is COc1cc(NC(=O)C2(N)CCOC2)ccc1NC(C)=O. The molecule has 7 nitrogen and oxygen atoms in total. The standard InChI is InChI=1S/C14H19N3O4/c1-9(18)16-11-4-3-10(7-12(11)20-2)17-13(19)14(15)5-6-21-8-14/h3-4,7H,5-6,8,15H2,1-2H3,(H,16,18)(H,17,19). The van der Waals surface area contributed by atoms with Crippen molar-refractivity contribution >= 4 is 23.2 Å². The van der Waals surface area contributed by atoms with Crippen molar-refractivity contribution in [3.05, 3.63) is 18.2 Å². The van der Waals surface area contributed by atoms with Crippen LogP contribution in [0.3, 0.4) is 0 Å². The summed E-state index contributed by atoms with van der Waals surface area (Å²) in [5, 5.41) is 5.39. The molecule has 1 saturated heterocycles. The lowest BCUT2D eigenvalue weighted by Gasteiger charge is -2.21. The lowest BCUT2D eigenvalue weighted by molar-refractivity contribution is -0.121. The number of carbonyl (C=O) groups is 2. The van der Waals surface area contributed by atoms with Gasteiger partial charge in [0.2, 0.25) is 11.8 Å². The Labute approximate surface area is 122 Å². The van der Waals surface area contributed by atoms with E-state index < -0.39 is 5.54 Å². The summed E-state index contributed by atoms with van der Waals surface area (Å²) < 4.78 is 10.4. The monoisotopic (exact) mass is 293 g/mol. The quantitative estimate of drug-likeness (QED) is 0.758. The number of nitrogens with one attached hydrogen (secondary N) is 2. The van der Waals surface area contributed by atoms with Crippen LogP contribution in [0.25, 0.3) is 0 Å². The van der Waals surface area contributed by atoms with Gasteiger partial charge in [-0.05, 0) is 18.6 Å². The van der Waals surface area contributed by atoms with Gasteiger partial charge in [-0.1, -0.05) is 0 Å². The highest BCUT2D eigenvalue weighted by Crippen LogP contribution is 2.28. The maximum atomic E-state index is 12.2. The second-order valence-corrected chi connectivity index (χ2v) is 5.01. The van der Waals surface area contributed by atoms with Crippen LogP contribution in [0.15, 0.2) is 18.2 Å². The zero-order valence-electron chi connectivity index (χ0n) is 12.1.